The molecule has 0 saturated carbocycles. The maximum Gasteiger partial charge on any atom is 0.168 e. The van der Waals surface area contributed by atoms with Gasteiger partial charge < -0.3 is 4.74 Å². The van der Waals surface area contributed by atoms with E-state index in [1.165, 1.54) is 18.5 Å². The number of nitrogens with zero attached hydrogens (tertiary/aromatic N) is 5. The lowest BCUT2D eigenvalue weighted by atomic mass is 10.2. The lowest BCUT2D eigenvalue weighted by molar-refractivity contribution is 0.414. The second-order valence-corrected chi connectivity index (χ2v) is 5.64. The van der Waals surface area contributed by atoms with E-state index in [0.29, 0.717) is 11.5 Å². The van der Waals surface area contributed by atoms with Gasteiger partial charge in [-0.25, -0.2) is 19.0 Å². The van der Waals surface area contributed by atoms with Gasteiger partial charge in [-0.15, -0.1) is 0 Å². The molecule has 134 valence electrons. The van der Waals surface area contributed by atoms with E-state index in [2.05, 4.69) is 25.6 Å². The van der Waals surface area contributed by atoms with E-state index in [0.717, 1.165) is 22.4 Å². The highest BCUT2D eigenvalue weighted by molar-refractivity contribution is 5.88. The summed E-state index contributed by atoms with van der Waals surface area (Å²) in [6.45, 7) is 0. The summed E-state index contributed by atoms with van der Waals surface area (Å²) in [6, 6.07) is 13.6. The molecule has 0 aliphatic carbocycles. The number of hydrazone groups is 1. The fraction of sp³-hybridized carbons (Fsp3) is 0.0526. The zero-order valence-corrected chi connectivity index (χ0v) is 14.4. The van der Waals surface area contributed by atoms with Crippen molar-refractivity contribution in [3.8, 4) is 11.4 Å². The third-order valence-electron chi connectivity index (χ3n) is 3.92. The van der Waals surface area contributed by atoms with Crippen LogP contribution in [-0.2, 0) is 0 Å². The maximum absolute atomic E-state index is 12.9. The van der Waals surface area contributed by atoms with Gasteiger partial charge in [-0.1, -0.05) is 18.2 Å². The normalized spacial score (nSPS) is 11.2. The van der Waals surface area contributed by atoms with Crippen LogP contribution in [0.5, 0.6) is 5.75 Å². The molecule has 4 rings (SSSR count). The second kappa shape index (κ2) is 7.20. The molecule has 8 heteroatoms. The molecule has 2 heterocycles. The number of halogens is 1. The Bertz CT molecular complexity index is 1110. The predicted molar refractivity (Wildman–Crippen MR) is 101 cm³/mol. The molecular weight excluding hydrogens is 347 g/mol. The van der Waals surface area contributed by atoms with Gasteiger partial charge in [0, 0.05) is 6.07 Å². The fourth-order valence-corrected chi connectivity index (χ4v) is 2.58. The average Bonchev–Trinajstić information content (AvgIpc) is 3.14. The highest BCUT2D eigenvalue weighted by atomic mass is 19.1. The van der Waals surface area contributed by atoms with Gasteiger partial charge >= 0.3 is 0 Å². The van der Waals surface area contributed by atoms with Crippen molar-refractivity contribution in [2.75, 3.05) is 12.5 Å². The molecule has 0 saturated heterocycles. The lowest BCUT2D eigenvalue weighted by Crippen LogP contribution is -2.00. The summed E-state index contributed by atoms with van der Waals surface area (Å²) in [5.41, 5.74) is 5.11. The summed E-state index contributed by atoms with van der Waals surface area (Å²) in [6.07, 6.45) is 4.70. The topological polar surface area (TPSA) is 77.2 Å². The molecule has 0 spiro atoms. The number of rotatable bonds is 5. The van der Waals surface area contributed by atoms with Gasteiger partial charge in [-0.3, -0.25) is 5.43 Å². The molecule has 0 radical (unpaired) electrons. The third kappa shape index (κ3) is 3.45. The summed E-state index contributed by atoms with van der Waals surface area (Å²) >= 11 is 0. The molecular formula is C19H15FN6O. The Balaban J connectivity index is 1.63. The molecule has 0 unspecified atom stereocenters. The molecule has 7 nitrogen and oxygen atoms in total. The van der Waals surface area contributed by atoms with Gasteiger partial charge in [-0.05, 0) is 29.8 Å². The molecule has 27 heavy (non-hydrogen) atoms. The van der Waals surface area contributed by atoms with Gasteiger partial charge in [0.2, 0.25) is 0 Å². The van der Waals surface area contributed by atoms with Crippen LogP contribution in [-0.4, -0.2) is 33.1 Å². The Morgan fingerprint density at radius 2 is 2.00 bits per heavy atom. The number of nitrogens with one attached hydrogen (secondary N) is 1. The zero-order valence-electron chi connectivity index (χ0n) is 14.4. The number of methoxy groups -OCH3 is 1. The third-order valence-corrected chi connectivity index (χ3v) is 3.92. The van der Waals surface area contributed by atoms with Crippen LogP contribution in [0.15, 0.2) is 66.2 Å². The molecule has 0 aliphatic rings. The van der Waals surface area contributed by atoms with Crippen molar-refractivity contribution in [1.29, 1.82) is 0 Å². The highest BCUT2D eigenvalue weighted by Crippen LogP contribution is 2.23. The number of fused-ring (bicyclic) bond motifs is 1. The Morgan fingerprint density at radius 3 is 2.81 bits per heavy atom. The largest absolute Gasteiger partial charge is 0.497 e. The minimum absolute atomic E-state index is 0.289. The maximum atomic E-state index is 12.9. The van der Waals surface area contributed by atoms with E-state index in [-0.39, 0.29) is 5.82 Å². The van der Waals surface area contributed by atoms with Gasteiger partial charge in [0.05, 0.1) is 30.6 Å². The first-order valence-electron chi connectivity index (χ1n) is 8.12. The van der Waals surface area contributed by atoms with Crippen LogP contribution in [0.3, 0.4) is 0 Å². The summed E-state index contributed by atoms with van der Waals surface area (Å²) in [5, 5.41) is 9.28. The van der Waals surface area contributed by atoms with Crippen molar-refractivity contribution < 1.29 is 9.13 Å². The Kier molecular flexibility index (Phi) is 4.44. The minimum atomic E-state index is -0.289. The highest BCUT2D eigenvalue weighted by Gasteiger charge is 2.11. The Hall–Kier alpha value is -3.81. The fourth-order valence-electron chi connectivity index (χ4n) is 2.58. The quantitative estimate of drug-likeness (QED) is 0.435. The van der Waals surface area contributed by atoms with Crippen molar-refractivity contribution in [2.45, 2.75) is 0 Å². The molecule has 0 atom stereocenters. The summed E-state index contributed by atoms with van der Waals surface area (Å²) in [5.74, 6) is 0.961. The van der Waals surface area contributed by atoms with E-state index < -0.39 is 0 Å². The number of aromatic nitrogens is 4. The lowest BCUT2D eigenvalue weighted by Gasteiger charge is -2.06. The van der Waals surface area contributed by atoms with Crippen molar-refractivity contribution in [3.63, 3.8) is 0 Å². The summed E-state index contributed by atoms with van der Waals surface area (Å²) in [4.78, 5) is 8.54. The average molecular weight is 362 g/mol. The molecule has 0 aliphatic heterocycles. The van der Waals surface area contributed by atoms with Gasteiger partial charge in [0.15, 0.2) is 11.5 Å². The number of hydrogen-bond acceptors (Lipinski definition) is 6. The Morgan fingerprint density at radius 1 is 1.15 bits per heavy atom. The predicted octanol–water partition coefficient (Wildman–Crippen LogP) is 3.41. The van der Waals surface area contributed by atoms with E-state index in [4.69, 9.17) is 4.74 Å². The zero-order chi connectivity index (χ0) is 18.6. The van der Waals surface area contributed by atoms with Crippen molar-refractivity contribution in [1.82, 2.24) is 19.7 Å². The minimum Gasteiger partial charge on any atom is -0.497 e. The molecule has 0 amide bonds. The molecule has 2 aromatic carbocycles. The smallest absolute Gasteiger partial charge is 0.168 e. The van der Waals surface area contributed by atoms with Crippen LogP contribution < -0.4 is 10.2 Å². The summed E-state index contributed by atoms with van der Waals surface area (Å²) in [7, 11) is 1.61. The van der Waals surface area contributed by atoms with Crippen molar-refractivity contribution in [2.24, 2.45) is 5.10 Å². The van der Waals surface area contributed by atoms with Gasteiger partial charge in [0.1, 0.15) is 17.9 Å². The summed E-state index contributed by atoms with van der Waals surface area (Å²) < 4.78 is 19.9. The van der Waals surface area contributed by atoms with Crippen LogP contribution in [0.25, 0.3) is 16.7 Å². The van der Waals surface area contributed by atoms with Crippen LogP contribution in [0.1, 0.15) is 5.56 Å². The first-order valence-corrected chi connectivity index (χ1v) is 8.12. The van der Waals surface area contributed by atoms with E-state index >= 15 is 0 Å². The van der Waals surface area contributed by atoms with E-state index in [9.17, 15) is 4.39 Å². The Labute approximate surface area is 154 Å². The van der Waals surface area contributed by atoms with Crippen LogP contribution in [0.4, 0.5) is 10.2 Å². The number of ether oxygens (including phenoxy) is 1. The number of anilines is 1. The molecule has 2 aromatic heterocycles. The van der Waals surface area contributed by atoms with E-state index in [1.807, 2.05) is 24.3 Å². The SMILES string of the molecule is COc1cccc(-n2ncc3c(N/N=C\c4ccc(F)cc4)ncnc32)c1. The van der Waals surface area contributed by atoms with Gasteiger partial charge in [-0.2, -0.15) is 10.2 Å². The molecule has 0 fully saturated rings. The first kappa shape index (κ1) is 16.6. The molecule has 4 aromatic rings. The van der Waals surface area contributed by atoms with Gasteiger partial charge in [0.25, 0.3) is 0 Å². The van der Waals surface area contributed by atoms with Crippen LogP contribution in [0.2, 0.25) is 0 Å². The molecule has 1 N–H and O–H groups in total. The van der Waals surface area contributed by atoms with Crippen molar-refractivity contribution >= 4 is 23.1 Å². The van der Waals surface area contributed by atoms with Crippen LogP contribution >= 0.6 is 0 Å². The van der Waals surface area contributed by atoms with Crippen molar-refractivity contribution in [3.05, 3.63) is 72.4 Å². The number of benzene rings is 2. The van der Waals surface area contributed by atoms with E-state index in [1.54, 1.807) is 36.3 Å². The second-order valence-electron chi connectivity index (χ2n) is 5.64. The standard InChI is InChI=1S/C19H15FN6O/c1-27-16-4-2-3-15(9-16)26-19-17(11-24-26)18(21-12-22-19)25-23-10-13-5-7-14(20)8-6-13/h2-12H,1H3,(H,21,22,25)/b23-10-. The van der Waals surface area contributed by atoms with Crippen LogP contribution in [0, 0.1) is 5.82 Å². The number of hydrogen-bond donors (Lipinski definition) is 1. The first-order chi connectivity index (χ1) is 13.2. The molecule has 0 bridgehead atoms. The monoisotopic (exact) mass is 362 g/mol.